The molecule has 0 amide bonds. The molecular formula is C36H51NO3. The highest BCUT2D eigenvalue weighted by Crippen LogP contribution is 2.33. The van der Waals surface area contributed by atoms with Crippen molar-refractivity contribution in [3.05, 3.63) is 64.8 Å². The van der Waals surface area contributed by atoms with Crippen LogP contribution in [-0.4, -0.2) is 10.5 Å². The van der Waals surface area contributed by atoms with E-state index in [0.717, 1.165) is 30.5 Å². The van der Waals surface area contributed by atoms with E-state index in [4.69, 9.17) is 4.74 Å². The lowest BCUT2D eigenvalue weighted by Gasteiger charge is -2.23. The van der Waals surface area contributed by atoms with Gasteiger partial charge in [-0.05, 0) is 39.3 Å². The number of para-hydroxylation sites is 1. The molecule has 0 radical (unpaired) electrons. The third-order valence-corrected chi connectivity index (χ3v) is 7.72. The summed E-state index contributed by atoms with van der Waals surface area (Å²) < 4.78 is 8.09. The second kappa shape index (κ2) is 16.4. The number of aryl methyl sites for hydroxylation is 1. The lowest BCUT2D eigenvalue weighted by Crippen LogP contribution is -2.29. The van der Waals surface area contributed by atoms with Crippen LogP contribution in [0.15, 0.2) is 59.4 Å². The van der Waals surface area contributed by atoms with Crippen LogP contribution in [-0.2, 0) is 11.3 Å². The fraction of sp³-hybridized carbons (Fsp3) is 0.556. The fourth-order valence-electron chi connectivity index (χ4n) is 5.29. The predicted molar refractivity (Wildman–Crippen MR) is 169 cm³/mol. The molecule has 0 atom stereocenters. The van der Waals surface area contributed by atoms with Crippen molar-refractivity contribution in [1.82, 2.24) is 4.57 Å². The van der Waals surface area contributed by atoms with E-state index in [1.54, 1.807) is 0 Å². The minimum absolute atomic E-state index is 0.134. The summed E-state index contributed by atoms with van der Waals surface area (Å²) in [5.41, 5.74) is 1.51. The number of benzene rings is 2. The first kappa shape index (κ1) is 31.6. The lowest BCUT2D eigenvalue weighted by molar-refractivity contribution is -0.143. The summed E-state index contributed by atoms with van der Waals surface area (Å²) >= 11 is 0. The van der Waals surface area contributed by atoms with E-state index in [9.17, 15) is 9.59 Å². The van der Waals surface area contributed by atoms with Gasteiger partial charge >= 0.3 is 5.97 Å². The van der Waals surface area contributed by atoms with Crippen molar-refractivity contribution in [1.29, 1.82) is 0 Å². The second-order valence-corrected chi connectivity index (χ2v) is 12.3. The number of hydrogen-bond acceptors (Lipinski definition) is 3. The van der Waals surface area contributed by atoms with Crippen molar-refractivity contribution in [2.75, 3.05) is 0 Å². The van der Waals surface area contributed by atoms with Gasteiger partial charge in [-0.25, -0.2) is 0 Å². The van der Waals surface area contributed by atoms with E-state index < -0.39 is 11.4 Å². The van der Waals surface area contributed by atoms with E-state index in [0.29, 0.717) is 11.1 Å². The maximum absolute atomic E-state index is 13.6. The number of carbonyl (C=O) groups excluding carboxylic acids is 1. The van der Waals surface area contributed by atoms with Crippen molar-refractivity contribution < 1.29 is 9.53 Å². The molecule has 0 unspecified atom stereocenters. The van der Waals surface area contributed by atoms with E-state index in [2.05, 4.69) is 11.5 Å². The van der Waals surface area contributed by atoms with Crippen molar-refractivity contribution in [2.24, 2.45) is 5.41 Å². The van der Waals surface area contributed by atoms with Crippen molar-refractivity contribution in [2.45, 2.75) is 124 Å². The number of fused-ring (bicyclic) bond motifs is 1. The van der Waals surface area contributed by atoms with Gasteiger partial charge in [0.25, 0.3) is 0 Å². The molecule has 0 saturated heterocycles. The SMILES string of the molecule is CCCCCCCCCCCCCCCCn1c(-c2ccccc2)c(OC(=O)C(C)(C)C)c(=O)c2ccccc21. The highest BCUT2D eigenvalue weighted by Gasteiger charge is 2.28. The maximum atomic E-state index is 13.6. The van der Waals surface area contributed by atoms with Crippen LogP contribution in [0.1, 0.15) is 118 Å². The molecule has 1 heterocycles. The third-order valence-electron chi connectivity index (χ3n) is 7.72. The molecule has 4 heteroatoms. The summed E-state index contributed by atoms with van der Waals surface area (Å²) in [6, 6.07) is 17.5. The quantitative estimate of drug-likeness (QED) is 0.125. The molecule has 0 aliphatic heterocycles. The van der Waals surface area contributed by atoms with Crippen molar-refractivity contribution in [3.8, 4) is 17.0 Å². The number of nitrogens with zero attached hydrogens (tertiary/aromatic N) is 1. The molecule has 40 heavy (non-hydrogen) atoms. The largest absolute Gasteiger partial charge is 0.420 e. The first-order valence-corrected chi connectivity index (χ1v) is 15.8. The summed E-state index contributed by atoms with van der Waals surface area (Å²) in [4.78, 5) is 26.6. The Balaban J connectivity index is 1.65. The number of esters is 1. The van der Waals surface area contributed by atoms with E-state index in [-0.39, 0.29) is 11.2 Å². The van der Waals surface area contributed by atoms with Crippen LogP contribution in [0, 0.1) is 5.41 Å². The molecular weight excluding hydrogens is 494 g/mol. The molecule has 2 aromatic carbocycles. The summed E-state index contributed by atoms with van der Waals surface area (Å²) in [5, 5.41) is 0.587. The predicted octanol–water partition coefficient (Wildman–Crippen LogP) is 10.1. The Labute approximate surface area is 242 Å². The number of hydrogen-bond donors (Lipinski definition) is 0. The van der Waals surface area contributed by atoms with Gasteiger partial charge in [0.2, 0.25) is 11.2 Å². The van der Waals surface area contributed by atoms with Gasteiger partial charge in [-0.1, -0.05) is 133 Å². The molecule has 0 aliphatic rings. The van der Waals surface area contributed by atoms with Gasteiger partial charge in [-0.2, -0.15) is 0 Å². The number of carbonyl (C=O) groups is 1. The van der Waals surface area contributed by atoms with Gasteiger partial charge in [-0.15, -0.1) is 0 Å². The highest BCUT2D eigenvalue weighted by molar-refractivity contribution is 5.88. The van der Waals surface area contributed by atoms with Gasteiger partial charge in [0, 0.05) is 17.5 Å². The van der Waals surface area contributed by atoms with Crippen LogP contribution in [0.4, 0.5) is 0 Å². The van der Waals surface area contributed by atoms with Crippen LogP contribution in [0.5, 0.6) is 5.75 Å². The molecule has 3 rings (SSSR count). The fourth-order valence-corrected chi connectivity index (χ4v) is 5.29. The van der Waals surface area contributed by atoms with Crippen molar-refractivity contribution in [3.63, 3.8) is 0 Å². The Kier molecular flexibility index (Phi) is 13.0. The van der Waals surface area contributed by atoms with Crippen LogP contribution in [0.3, 0.4) is 0 Å². The molecule has 0 saturated carbocycles. The Bertz CT molecular complexity index is 1240. The molecule has 4 nitrogen and oxygen atoms in total. The van der Waals surface area contributed by atoms with E-state index >= 15 is 0 Å². The standard InChI is InChI=1S/C36H51NO3/c1-5-6-7-8-9-10-11-12-13-14-15-16-17-23-28-37-31-27-22-21-26-30(31)33(38)34(40-35(39)36(2,3)4)32(37)29-24-19-18-20-25-29/h18-22,24-27H,5-17,23,28H2,1-4H3. The summed E-state index contributed by atoms with van der Waals surface area (Å²) in [5.74, 6) is -0.268. The Morgan fingerprint density at radius 1 is 0.700 bits per heavy atom. The first-order chi connectivity index (χ1) is 19.3. The smallest absolute Gasteiger partial charge is 0.316 e. The van der Waals surface area contributed by atoms with Crippen LogP contribution < -0.4 is 10.2 Å². The molecule has 0 N–H and O–H groups in total. The van der Waals surface area contributed by atoms with Gasteiger partial charge in [0.15, 0.2) is 0 Å². The second-order valence-electron chi connectivity index (χ2n) is 12.3. The normalized spacial score (nSPS) is 11.7. The van der Waals surface area contributed by atoms with E-state index in [1.165, 1.54) is 77.0 Å². The monoisotopic (exact) mass is 545 g/mol. The van der Waals surface area contributed by atoms with Gasteiger partial charge in [-0.3, -0.25) is 9.59 Å². The number of aromatic nitrogens is 1. The van der Waals surface area contributed by atoms with Crippen LogP contribution in [0.2, 0.25) is 0 Å². The Hall–Kier alpha value is -2.88. The van der Waals surface area contributed by atoms with Crippen molar-refractivity contribution >= 4 is 16.9 Å². The molecule has 218 valence electrons. The van der Waals surface area contributed by atoms with Crippen LogP contribution >= 0.6 is 0 Å². The van der Waals surface area contributed by atoms with E-state index in [1.807, 2.05) is 75.4 Å². The van der Waals surface area contributed by atoms with Gasteiger partial charge in [0.05, 0.1) is 16.6 Å². The van der Waals surface area contributed by atoms with Gasteiger partial charge < -0.3 is 9.30 Å². The summed E-state index contributed by atoms with van der Waals surface area (Å²) in [6.45, 7) is 8.48. The Morgan fingerprint density at radius 3 is 1.75 bits per heavy atom. The maximum Gasteiger partial charge on any atom is 0.316 e. The zero-order chi connectivity index (χ0) is 28.8. The molecule has 3 aromatic rings. The summed E-state index contributed by atoms with van der Waals surface area (Å²) in [7, 11) is 0. The molecule has 0 spiro atoms. The number of unbranched alkanes of at least 4 members (excludes halogenated alkanes) is 13. The highest BCUT2D eigenvalue weighted by atomic mass is 16.5. The minimum atomic E-state index is -0.717. The number of rotatable bonds is 17. The zero-order valence-corrected chi connectivity index (χ0v) is 25.5. The number of pyridine rings is 1. The third kappa shape index (κ3) is 9.35. The van der Waals surface area contributed by atoms with Crippen LogP contribution in [0.25, 0.3) is 22.2 Å². The van der Waals surface area contributed by atoms with Gasteiger partial charge in [0.1, 0.15) is 0 Å². The first-order valence-electron chi connectivity index (χ1n) is 15.8. The molecule has 0 fully saturated rings. The molecule has 0 bridgehead atoms. The zero-order valence-electron chi connectivity index (χ0n) is 25.5. The topological polar surface area (TPSA) is 48.3 Å². The molecule has 1 aromatic heterocycles. The average molecular weight is 546 g/mol. The minimum Gasteiger partial charge on any atom is -0.420 e. The number of ether oxygens (including phenoxy) is 1. The molecule has 0 aliphatic carbocycles. The average Bonchev–Trinajstić information content (AvgIpc) is 2.95. The Morgan fingerprint density at radius 2 is 1.20 bits per heavy atom. The summed E-state index contributed by atoms with van der Waals surface area (Å²) in [6.07, 6.45) is 18.4. The lowest BCUT2D eigenvalue weighted by atomic mass is 9.97.